The van der Waals surface area contributed by atoms with Crippen LogP contribution in [0.5, 0.6) is 17.2 Å². The van der Waals surface area contributed by atoms with Crippen LogP contribution in [0.25, 0.3) is 0 Å². The minimum absolute atomic E-state index is 0.110. The van der Waals surface area contributed by atoms with Crippen molar-refractivity contribution in [3.63, 3.8) is 0 Å². The molecule has 144 valence electrons. The highest BCUT2D eigenvalue weighted by atomic mass is 16.5. The number of carbonyl (C=O) groups excluding carboxylic acids is 1. The number of amides is 1. The molecule has 0 aliphatic carbocycles. The van der Waals surface area contributed by atoms with Gasteiger partial charge in [-0.3, -0.25) is 4.79 Å². The number of piperazine rings is 1. The van der Waals surface area contributed by atoms with Gasteiger partial charge in [-0.05, 0) is 18.2 Å². The molecule has 1 aliphatic heterocycles. The summed E-state index contributed by atoms with van der Waals surface area (Å²) in [7, 11) is 4.91. The molecule has 6 nitrogen and oxygen atoms in total. The summed E-state index contributed by atoms with van der Waals surface area (Å²) in [4.78, 5) is 15.9. The standard InChI is InChI=1S/C21H26N2O4/c1-25-18-14-20(27-3)19(26-2)13-17(18)15-22-9-11-23(12-10-22)21(24)16-7-5-4-6-8-16/h4-8,13-14H,9-12,15H2,1-3H3/p+1. The second kappa shape index (κ2) is 8.77. The highest BCUT2D eigenvalue weighted by Crippen LogP contribution is 2.34. The van der Waals surface area contributed by atoms with Gasteiger partial charge in [0.2, 0.25) is 0 Å². The maximum absolute atomic E-state index is 12.6. The fourth-order valence-corrected chi connectivity index (χ4v) is 3.47. The van der Waals surface area contributed by atoms with Crippen LogP contribution in [-0.2, 0) is 6.54 Å². The Hall–Kier alpha value is -2.73. The Morgan fingerprint density at radius 2 is 1.52 bits per heavy atom. The smallest absolute Gasteiger partial charge is 0.254 e. The fraction of sp³-hybridized carbons (Fsp3) is 0.381. The lowest BCUT2D eigenvalue weighted by Gasteiger charge is -2.32. The molecule has 1 amide bonds. The molecule has 1 N–H and O–H groups in total. The number of methoxy groups -OCH3 is 3. The Kier molecular flexibility index (Phi) is 6.19. The van der Waals surface area contributed by atoms with Crippen molar-refractivity contribution in [2.24, 2.45) is 0 Å². The van der Waals surface area contributed by atoms with Gasteiger partial charge < -0.3 is 24.0 Å². The van der Waals surface area contributed by atoms with Crippen molar-refractivity contribution < 1.29 is 23.9 Å². The number of hydrogen-bond acceptors (Lipinski definition) is 4. The summed E-state index contributed by atoms with van der Waals surface area (Å²) in [6, 6.07) is 13.3. The van der Waals surface area contributed by atoms with Crippen molar-refractivity contribution in [3.05, 3.63) is 53.6 Å². The summed E-state index contributed by atoms with van der Waals surface area (Å²) < 4.78 is 16.3. The van der Waals surface area contributed by atoms with E-state index in [4.69, 9.17) is 14.2 Å². The van der Waals surface area contributed by atoms with Crippen molar-refractivity contribution in [2.75, 3.05) is 47.5 Å². The van der Waals surface area contributed by atoms with E-state index in [-0.39, 0.29) is 5.91 Å². The molecule has 0 atom stereocenters. The van der Waals surface area contributed by atoms with Gasteiger partial charge in [0, 0.05) is 11.6 Å². The second-order valence-corrected chi connectivity index (χ2v) is 6.60. The number of rotatable bonds is 6. The molecule has 0 spiro atoms. The summed E-state index contributed by atoms with van der Waals surface area (Å²) in [6.07, 6.45) is 0. The van der Waals surface area contributed by atoms with Gasteiger partial charge in [0.05, 0.1) is 53.1 Å². The molecule has 0 aromatic heterocycles. The molecule has 1 heterocycles. The van der Waals surface area contributed by atoms with Gasteiger partial charge in [-0.15, -0.1) is 0 Å². The molecule has 1 fully saturated rings. The number of nitrogens with one attached hydrogen (secondary N) is 1. The summed E-state index contributed by atoms with van der Waals surface area (Å²) in [5.41, 5.74) is 1.83. The van der Waals surface area contributed by atoms with Crippen molar-refractivity contribution >= 4 is 5.91 Å². The first kappa shape index (κ1) is 19.0. The fourth-order valence-electron chi connectivity index (χ4n) is 3.47. The minimum atomic E-state index is 0.110. The highest BCUT2D eigenvalue weighted by Gasteiger charge is 2.25. The van der Waals surface area contributed by atoms with E-state index in [1.54, 1.807) is 21.3 Å². The van der Waals surface area contributed by atoms with Crippen LogP contribution in [0, 0.1) is 0 Å². The van der Waals surface area contributed by atoms with E-state index in [1.807, 2.05) is 47.4 Å². The molecular weight excluding hydrogens is 344 g/mol. The number of quaternary nitrogens is 1. The number of hydrogen-bond donors (Lipinski definition) is 1. The molecule has 0 bridgehead atoms. The van der Waals surface area contributed by atoms with E-state index < -0.39 is 0 Å². The lowest BCUT2D eigenvalue weighted by Crippen LogP contribution is -3.13. The largest absolute Gasteiger partial charge is 0.496 e. The topological polar surface area (TPSA) is 52.4 Å². The van der Waals surface area contributed by atoms with Gasteiger partial charge >= 0.3 is 0 Å². The van der Waals surface area contributed by atoms with Crippen LogP contribution in [0.2, 0.25) is 0 Å². The quantitative estimate of drug-likeness (QED) is 0.831. The Bertz CT molecular complexity index is 771. The third-order valence-corrected chi connectivity index (χ3v) is 5.01. The zero-order valence-corrected chi connectivity index (χ0v) is 16.2. The minimum Gasteiger partial charge on any atom is -0.496 e. The molecule has 2 aromatic carbocycles. The first-order chi connectivity index (χ1) is 13.2. The Labute approximate surface area is 160 Å². The summed E-state index contributed by atoms with van der Waals surface area (Å²) in [5.74, 6) is 2.26. The molecular formula is C21H27N2O4+. The molecule has 27 heavy (non-hydrogen) atoms. The third kappa shape index (κ3) is 4.34. The molecule has 1 saturated heterocycles. The zero-order chi connectivity index (χ0) is 19.2. The van der Waals surface area contributed by atoms with Crippen LogP contribution in [-0.4, -0.2) is 58.3 Å². The van der Waals surface area contributed by atoms with E-state index in [2.05, 4.69) is 0 Å². The molecule has 0 unspecified atom stereocenters. The average Bonchev–Trinajstić information content (AvgIpc) is 2.74. The summed E-state index contributed by atoms with van der Waals surface area (Å²) >= 11 is 0. The number of benzene rings is 2. The van der Waals surface area contributed by atoms with Crippen LogP contribution < -0.4 is 19.1 Å². The van der Waals surface area contributed by atoms with E-state index >= 15 is 0 Å². The lowest BCUT2D eigenvalue weighted by molar-refractivity contribution is -0.917. The Morgan fingerprint density at radius 3 is 2.11 bits per heavy atom. The van der Waals surface area contributed by atoms with Crippen LogP contribution >= 0.6 is 0 Å². The number of ether oxygens (including phenoxy) is 3. The highest BCUT2D eigenvalue weighted by molar-refractivity contribution is 5.94. The van der Waals surface area contributed by atoms with E-state index in [0.29, 0.717) is 11.5 Å². The van der Waals surface area contributed by atoms with E-state index in [9.17, 15) is 4.79 Å². The van der Waals surface area contributed by atoms with Gasteiger partial charge in [-0.25, -0.2) is 0 Å². The third-order valence-electron chi connectivity index (χ3n) is 5.01. The Morgan fingerprint density at radius 1 is 0.926 bits per heavy atom. The molecule has 2 aromatic rings. The van der Waals surface area contributed by atoms with Crippen LogP contribution in [0.15, 0.2) is 42.5 Å². The van der Waals surface area contributed by atoms with Crippen molar-refractivity contribution in [2.45, 2.75) is 6.54 Å². The van der Waals surface area contributed by atoms with Gasteiger partial charge in [-0.1, -0.05) is 18.2 Å². The first-order valence-electron chi connectivity index (χ1n) is 9.13. The van der Waals surface area contributed by atoms with Crippen LogP contribution in [0.3, 0.4) is 0 Å². The average molecular weight is 371 g/mol. The lowest BCUT2D eigenvalue weighted by atomic mass is 10.1. The van der Waals surface area contributed by atoms with Crippen LogP contribution in [0.4, 0.5) is 0 Å². The van der Waals surface area contributed by atoms with E-state index in [1.165, 1.54) is 4.90 Å². The maximum atomic E-state index is 12.6. The SMILES string of the molecule is COc1cc(OC)c(OC)cc1C[NH+]1CCN(C(=O)c2ccccc2)CC1. The van der Waals surface area contributed by atoms with Gasteiger partial charge in [0.1, 0.15) is 12.3 Å². The van der Waals surface area contributed by atoms with E-state index in [0.717, 1.165) is 49.6 Å². The predicted octanol–water partition coefficient (Wildman–Crippen LogP) is 1.25. The molecule has 6 heteroatoms. The maximum Gasteiger partial charge on any atom is 0.254 e. The summed E-state index contributed by atoms with van der Waals surface area (Å²) in [6.45, 7) is 4.11. The van der Waals surface area contributed by atoms with Crippen molar-refractivity contribution in [1.29, 1.82) is 0 Å². The van der Waals surface area contributed by atoms with Crippen molar-refractivity contribution in [1.82, 2.24) is 4.90 Å². The monoisotopic (exact) mass is 371 g/mol. The second-order valence-electron chi connectivity index (χ2n) is 6.60. The Balaban J connectivity index is 1.65. The van der Waals surface area contributed by atoms with Gasteiger partial charge in [-0.2, -0.15) is 0 Å². The van der Waals surface area contributed by atoms with Crippen LogP contribution in [0.1, 0.15) is 15.9 Å². The molecule has 3 rings (SSSR count). The zero-order valence-electron chi connectivity index (χ0n) is 16.2. The molecule has 1 aliphatic rings. The normalized spacial score (nSPS) is 14.7. The number of carbonyl (C=O) groups is 1. The summed E-state index contributed by atoms with van der Waals surface area (Å²) in [5, 5.41) is 0. The van der Waals surface area contributed by atoms with Crippen molar-refractivity contribution in [3.8, 4) is 17.2 Å². The molecule has 0 radical (unpaired) electrons. The van der Waals surface area contributed by atoms with Gasteiger partial charge in [0.15, 0.2) is 11.5 Å². The number of nitrogens with zero attached hydrogens (tertiary/aromatic N) is 1. The predicted molar refractivity (Wildman–Crippen MR) is 103 cm³/mol. The van der Waals surface area contributed by atoms with Gasteiger partial charge in [0.25, 0.3) is 5.91 Å². The first-order valence-corrected chi connectivity index (χ1v) is 9.13. The molecule has 0 saturated carbocycles.